The first kappa shape index (κ1) is 12.8. The molecular formula is C15H16N2O3. The molecule has 0 aromatic carbocycles. The van der Waals surface area contributed by atoms with Crippen molar-refractivity contribution in [3.8, 4) is 0 Å². The van der Waals surface area contributed by atoms with Crippen LogP contribution in [0, 0.1) is 23.7 Å². The highest BCUT2D eigenvalue weighted by Crippen LogP contribution is 2.48. The Balaban J connectivity index is 1.68. The third-order valence-corrected chi connectivity index (χ3v) is 4.24. The van der Waals surface area contributed by atoms with Crippen molar-refractivity contribution in [1.82, 2.24) is 10.3 Å². The number of amides is 1. The SMILES string of the molecule is O=C(NCc1cccnc1)[C@@H]1[C@H](C(=O)O)[C@H]2C=C[C@H]1C2. The molecule has 0 spiro atoms. The van der Waals surface area contributed by atoms with E-state index in [2.05, 4.69) is 10.3 Å². The molecule has 1 aromatic rings. The first-order valence-corrected chi connectivity index (χ1v) is 6.74. The van der Waals surface area contributed by atoms with Gasteiger partial charge in [0.15, 0.2) is 0 Å². The smallest absolute Gasteiger partial charge is 0.307 e. The molecule has 2 aliphatic rings. The maximum atomic E-state index is 12.3. The summed E-state index contributed by atoms with van der Waals surface area (Å²) in [6.45, 7) is 0.386. The second-order valence-electron chi connectivity index (χ2n) is 5.42. The van der Waals surface area contributed by atoms with Crippen LogP contribution in [0.2, 0.25) is 0 Å². The Morgan fingerprint density at radius 2 is 2.05 bits per heavy atom. The van der Waals surface area contributed by atoms with Crippen LogP contribution in [0.15, 0.2) is 36.7 Å². The molecule has 0 radical (unpaired) electrons. The number of carbonyl (C=O) groups excluding carboxylic acids is 1. The van der Waals surface area contributed by atoms with E-state index in [-0.39, 0.29) is 17.7 Å². The molecular weight excluding hydrogens is 256 g/mol. The van der Waals surface area contributed by atoms with E-state index in [0.717, 1.165) is 12.0 Å². The monoisotopic (exact) mass is 272 g/mol. The maximum absolute atomic E-state index is 12.3. The molecule has 1 aromatic heterocycles. The highest BCUT2D eigenvalue weighted by Gasteiger charge is 2.51. The lowest BCUT2D eigenvalue weighted by Gasteiger charge is -2.23. The summed E-state index contributed by atoms with van der Waals surface area (Å²) in [5.41, 5.74) is 0.909. The van der Waals surface area contributed by atoms with Gasteiger partial charge < -0.3 is 10.4 Å². The molecule has 2 aliphatic carbocycles. The summed E-state index contributed by atoms with van der Waals surface area (Å²) < 4.78 is 0. The van der Waals surface area contributed by atoms with Crippen molar-refractivity contribution in [3.05, 3.63) is 42.2 Å². The summed E-state index contributed by atoms with van der Waals surface area (Å²) in [6, 6.07) is 3.68. The number of nitrogens with zero attached hydrogens (tertiary/aromatic N) is 1. The number of carbonyl (C=O) groups is 2. The van der Waals surface area contributed by atoms with Gasteiger partial charge in [0.2, 0.25) is 5.91 Å². The second kappa shape index (κ2) is 5.07. The van der Waals surface area contributed by atoms with Crippen LogP contribution in [-0.4, -0.2) is 22.0 Å². The van der Waals surface area contributed by atoms with E-state index in [1.54, 1.807) is 12.4 Å². The van der Waals surface area contributed by atoms with E-state index in [9.17, 15) is 14.7 Å². The number of allylic oxidation sites excluding steroid dienone is 2. The van der Waals surface area contributed by atoms with E-state index in [1.807, 2.05) is 24.3 Å². The number of hydrogen-bond donors (Lipinski definition) is 2. The lowest BCUT2D eigenvalue weighted by molar-refractivity contribution is -0.147. The van der Waals surface area contributed by atoms with Crippen LogP contribution in [0.3, 0.4) is 0 Å². The number of aliphatic carboxylic acids is 1. The Morgan fingerprint density at radius 1 is 1.30 bits per heavy atom. The van der Waals surface area contributed by atoms with Gasteiger partial charge >= 0.3 is 5.97 Å². The van der Waals surface area contributed by atoms with Crippen LogP contribution in [0.5, 0.6) is 0 Å². The fraction of sp³-hybridized carbons (Fsp3) is 0.400. The van der Waals surface area contributed by atoms with Gasteiger partial charge in [-0.1, -0.05) is 18.2 Å². The van der Waals surface area contributed by atoms with Gasteiger partial charge in [-0.3, -0.25) is 14.6 Å². The second-order valence-corrected chi connectivity index (χ2v) is 5.42. The molecule has 20 heavy (non-hydrogen) atoms. The third-order valence-electron chi connectivity index (χ3n) is 4.24. The molecule has 5 nitrogen and oxygen atoms in total. The van der Waals surface area contributed by atoms with Gasteiger partial charge in [-0.05, 0) is 29.9 Å². The zero-order valence-corrected chi connectivity index (χ0v) is 10.9. The maximum Gasteiger partial charge on any atom is 0.307 e. The summed E-state index contributed by atoms with van der Waals surface area (Å²) in [5, 5.41) is 12.2. The number of carboxylic acids is 1. The normalized spacial score (nSPS) is 30.4. The molecule has 0 aliphatic heterocycles. The van der Waals surface area contributed by atoms with Crippen molar-refractivity contribution in [2.75, 3.05) is 0 Å². The minimum Gasteiger partial charge on any atom is -0.481 e. The van der Waals surface area contributed by atoms with Crippen LogP contribution in [0.25, 0.3) is 0 Å². The minimum atomic E-state index is -0.872. The topological polar surface area (TPSA) is 79.3 Å². The van der Waals surface area contributed by atoms with Crippen molar-refractivity contribution in [2.45, 2.75) is 13.0 Å². The summed E-state index contributed by atoms with van der Waals surface area (Å²) in [4.78, 5) is 27.6. The average Bonchev–Trinajstić information content (AvgIpc) is 3.06. The highest BCUT2D eigenvalue weighted by molar-refractivity contribution is 5.86. The Bertz CT molecular complexity index is 555. The molecule has 3 rings (SSSR count). The standard InChI is InChI=1S/C15H16N2O3/c18-14(17-8-9-2-1-5-16-7-9)12-10-3-4-11(6-10)13(12)15(19)20/h1-5,7,10-13H,6,8H2,(H,17,18)(H,19,20)/t10-,11-,12-,13+/m0/s1. The summed E-state index contributed by atoms with van der Waals surface area (Å²) >= 11 is 0. The van der Waals surface area contributed by atoms with Crippen molar-refractivity contribution < 1.29 is 14.7 Å². The molecule has 104 valence electrons. The van der Waals surface area contributed by atoms with E-state index in [1.165, 1.54) is 0 Å². The van der Waals surface area contributed by atoms with Crippen LogP contribution in [0.4, 0.5) is 0 Å². The Morgan fingerprint density at radius 3 is 2.70 bits per heavy atom. The predicted molar refractivity (Wildman–Crippen MR) is 71.4 cm³/mol. The first-order valence-electron chi connectivity index (χ1n) is 6.74. The van der Waals surface area contributed by atoms with E-state index >= 15 is 0 Å². The lowest BCUT2D eigenvalue weighted by Crippen LogP contribution is -2.39. The quantitative estimate of drug-likeness (QED) is 0.808. The first-order chi connectivity index (χ1) is 9.66. The number of carboxylic acid groups (broad SMARTS) is 1. The van der Waals surface area contributed by atoms with Gasteiger partial charge in [-0.15, -0.1) is 0 Å². The zero-order chi connectivity index (χ0) is 14.1. The lowest BCUT2D eigenvalue weighted by atomic mass is 9.82. The molecule has 0 unspecified atom stereocenters. The number of aromatic nitrogens is 1. The molecule has 1 amide bonds. The molecule has 1 heterocycles. The van der Waals surface area contributed by atoms with Gasteiger partial charge in [0, 0.05) is 18.9 Å². The summed E-state index contributed by atoms with van der Waals surface area (Å²) in [7, 11) is 0. The molecule has 0 saturated heterocycles. The number of nitrogens with one attached hydrogen (secondary N) is 1. The number of fused-ring (bicyclic) bond motifs is 2. The molecule has 2 N–H and O–H groups in total. The Hall–Kier alpha value is -2.17. The number of hydrogen-bond acceptors (Lipinski definition) is 3. The van der Waals surface area contributed by atoms with Crippen molar-refractivity contribution in [1.29, 1.82) is 0 Å². The van der Waals surface area contributed by atoms with Crippen molar-refractivity contribution in [3.63, 3.8) is 0 Å². The predicted octanol–water partition coefficient (Wildman–Crippen LogP) is 1.22. The van der Waals surface area contributed by atoms with Gasteiger partial charge in [-0.25, -0.2) is 0 Å². The summed E-state index contributed by atoms with van der Waals surface area (Å²) in [6.07, 6.45) is 8.07. The fourth-order valence-electron chi connectivity index (χ4n) is 3.33. The van der Waals surface area contributed by atoms with E-state index in [0.29, 0.717) is 6.54 Å². The molecule has 1 fully saturated rings. The minimum absolute atomic E-state index is 0.00615. The van der Waals surface area contributed by atoms with Gasteiger partial charge in [0.05, 0.1) is 11.8 Å². The Labute approximate surface area is 116 Å². The van der Waals surface area contributed by atoms with Gasteiger partial charge in [-0.2, -0.15) is 0 Å². The largest absolute Gasteiger partial charge is 0.481 e. The van der Waals surface area contributed by atoms with Crippen LogP contribution in [0.1, 0.15) is 12.0 Å². The number of pyridine rings is 1. The van der Waals surface area contributed by atoms with Crippen molar-refractivity contribution in [2.24, 2.45) is 23.7 Å². The fourth-order valence-corrected chi connectivity index (χ4v) is 3.33. The molecule has 4 atom stereocenters. The van der Waals surface area contributed by atoms with Crippen molar-refractivity contribution >= 4 is 11.9 Å². The molecule has 2 bridgehead atoms. The van der Waals surface area contributed by atoms with E-state index in [4.69, 9.17) is 0 Å². The van der Waals surface area contributed by atoms with Gasteiger partial charge in [0.25, 0.3) is 0 Å². The van der Waals surface area contributed by atoms with E-state index < -0.39 is 17.8 Å². The highest BCUT2D eigenvalue weighted by atomic mass is 16.4. The third kappa shape index (κ3) is 2.19. The summed E-state index contributed by atoms with van der Waals surface area (Å²) in [5.74, 6) is -2.00. The van der Waals surface area contributed by atoms with Crippen LogP contribution >= 0.6 is 0 Å². The molecule has 1 saturated carbocycles. The zero-order valence-electron chi connectivity index (χ0n) is 10.9. The molecule has 5 heteroatoms. The van der Waals surface area contributed by atoms with Crippen LogP contribution in [-0.2, 0) is 16.1 Å². The number of rotatable bonds is 4. The Kier molecular flexibility index (Phi) is 3.26. The van der Waals surface area contributed by atoms with Crippen LogP contribution < -0.4 is 5.32 Å². The average molecular weight is 272 g/mol. The van der Waals surface area contributed by atoms with Gasteiger partial charge in [0.1, 0.15) is 0 Å².